The fourth-order valence-electron chi connectivity index (χ4n) is 1.91. The Labute approximate surface area is 102 Å². The van der Waals surface area contributed by atoms with E-state index in [-0.39, 0.29) is 5.78 Å². The average molecular weight is 234 g/mol. The Balaban J connectivity index is 2.09. The van der Waals surface area contributed by atoms with Gasteiger partial charge in [-0.05, 0) is 24.5 Å². The molecule has 0 atom stereocenters. The summed E-state index contributed by atoms with van der Waals surface area (Å²) in [6.45, 7) is 0. The molecule has 3 nitrogen and oxygen atoms in total. The van der Waals surface area contributed by atoms with Gasteiger partial charge < -0.3 is 9.47 Å². The van der Waals surface area contributed by atoms with Crippen molar-refractivity contribution < 1.29 is 14.3 Å². The van der Waals surface area contributed by atoms with Gasteiger partial charge in [0.25, 0.3) is 0 Å². The van der Waals surface area contributed by atoms with Gasteiger partial charge in [0.15, 0.2) is 5.78 Å². The molecule has 0 heterocycles. The van der Waals surface area contributed by atoms with Crippen LogP contribution < -0.4 is 9.47 Å². The highest BCUT2D eigenvalue weighted by molar-refractivity contribution is 5.98. The van der Waals surface area contributed by atoms with Crippen LogP contribution in [0.15, 0.2) is 18.2 Å². The highest BCUT2D eigenvalue weighted by Gasteiger charge is 2.23. The van der Waals surface area contributed by atoms with Gasteiger partial charge in [0.2, 0.25) is 0 Å². The first-order valence-electron chi connectivity index (χ1n) is 6.00. The minimum Gasteiger partial charge on any atom is -0.497 e. The second-order valence-corrected chi connectivity index (χ2v) is 4.47. The summed E-state index contributed by atoms with van der Waals surface area (Å²) in [5, 5.41) is 0. The molecule has 0 unspecified atom stereocenters. The van der Waals surface area contributed by atoms with Gasteiger partial charge in [-0.1, -0.05) is 12.8 Å². The van der Waals surface area contributed by atoms with Crippen LogP contribution >= 0.6 is 0 Å². The van der Waals surface area contributed by atoms with E-state index in [9.17, 15) is 4.79 Å². The Morgan fingerprint density at radius 1 is 1.29 bits per heavy atom. The molecule has 1 fully saturated rings. The van der Waals surface area contributed by atoms with E-state index < -0.39 is 0 Å². The molecule has 0 radical (unpaired) electrons. The number of ether oxygens (including phenoxy) is 2. The van der Waals surface area contributed by atoms with Crippen LogP contribution in [-0.4, -0.2) is 20.0 Å². The number of hydrogen-bond donors (Lipinski definition) is 0. The lowest BCUT2D eigenvalue weighted by Gasteiger charge is -2.09. The summed E-state index contributed by atoms with van der Waals surface area (Å²) in [5.41, 5.74) is 0.661. The molecular formula is C14H18O3. The summed E-state index contributed by atoms with van der Waals surface area (Å²) in [6, 6.07) is 5.34. The second kappa shape index (κ2) is 5.21. The van der Waals surface area contributed by atoms with E-state index in [0.717, 1.165) is 12.3 Å². The number of carbonyl (C=O) groups is 1. The molecule has 0 saturated heterocycles. The lowest BCUT2D eigenvalue weighted by Crippen LogP contribution is -2.03. The molecule has 0 N–H and O–H groups in total. The predicted octanol–water partition coefficient (Wildman–Crippen LogP) is 3.08. The summed E-state index contributed by atoms with van der Waals surface area (Å²) in [5.74, 6) is 2.25. The third kappa shape index (κ3) is 2.99. The molecule has 1 aromatic rings. The van der Waals surface area contributed by atoms with Crippen molar-refractivity contribution in [3.8, 4) is 11.5 Å². The molecule has 2 rings (SSSR count). The normalized spacial score (nSPS) is 14.5. The molecule has 92 valence electrons. The number of benzene rings is 1. The SMILES string of the molecule is COc1ccc(C(=O)CCC2CC2)c(OC)c1. The molecule has 0 spiro atoms. The van der Waals surface area contributed by atoms with Gasteiger partial charge >= 0.3 is 0 Å². The van der Waals surface area contributed by atoms with Crippen LogP contribution in [0.4, 0.5) is 0 Å². The fourth-order valence-corrected chi connectivity index (χ4v) is 1.91. The van der Waals surface area contributed by atoms with Crippen molar-refractivity contribution in [3.63, 3.8) is 0 Å². The maximum Gasteiger partial charge on any atom is 0.166 e. The summed E-state index contributed by atoms with van der Waals surface area (Å²) < 4.78 is 10.3. The zero-order valence-electron chi connectivity index (χ0n) is 10.4. The minimum absolute atomic E-state index is 0.163. The quantitative estimate of drug-likeness (QED) is 0.709. The van der Waals surface area contributed by atoms with Crippen molar-refractivity contribution in [2.24, 2.45) is 5.92 Å². The summed E-state index contributed by atoms with van der Waals surface area (Å²) in [7, 11) is 3.18. The lowest BCUT2D eigenvalue weighted by atomic mass is 10.0. The van der Waals surface area contributed by atoms with Crippen LogP contribution in [0.1, 0.15) is 36.0 Å². The third-order valence-corrected chi connectivity index (χ3v) is 3.19. The molecule has 1 aromatic carbocycles. The minimum atomic E-state index is 0.163. The number of ketones is 1. The van der Waals surface area contributed by atoms with E-state index in [4.69, 9.17) is 9.47 Å². The number of carbonyl (C=O) groups excluding carboxylic acids is 1. The van der Waals surface area contributed by atoms with Crippen LogP contribution in [0.5, 0.6) is 11.5 Å². The Bertz CT molecular complexity index is 408. The van der Waals surface area contributed by atoms with Crippen LogP contribution in [0.2, 0.25) is 0 Å². The predicted molar refractivity (Wildman–Crippen MR) is 65.8 cm³/mol. The Morgan fingerprint density at radius 3 is 2.65 bits per heavy atom. The fraction of sp³-hybridized carbons (Fsp3) is 0.500. The van der Waals surface area contributed by atoms with Gasteiger partial charge in [-0.15, -0.1) is 0 Å². The van der Waals surface area contributed by atoms with Crippen molar-refractivity contribution in [2.45, 2.75) is 25.7 Å². The van der Waals surface area contributed by atoms with Crippen LogP contribution in [0.25, 0.3) is 0 Å². The average Bonchev–Trinajstić information content (AvgIpc) is 3.19. The lowest BCUT2D eigenvalue weighted by molar-refractivity contribution is 0.0975. The van der Waals surface area contributed by atoms with Crippen LogP contribution in [-0.2, 0) is 0 Å². The van der Waals surface area contributed by atoms with Crippen molar-refractivity contribution >= 4 is 5.78 Å². The zero-order valence-corrected chi connectivity index (χ0v) is 10.4. The smallest absolute Gasteiger partial charge is 0.166 e. The maximum absolute atomic E-state index is 12.0. The van der Waals surface area contributed by atoms with Crippen molar-refractivity contribution in [3.05, 3.63) is 23.8 Å². The second-order valence-electron chi connectivity index (χ2n) is 4.47. The van der Waals surface area contributed by atoms with E-state index >= 15 is 0 Å². The molecule has 0 aliphatic heterocycles. The molecule has 1 aliphatic carbocycles. The molecule has 3 heteroatoms. The molecule has 0 bridgehead atoms. The Hall–Kier alpha value is -1.51. The van der Waals surface area contributed by atoms with Gasteiger partial charge in [0, 0.05) is 12.5 Å². The van der Waals surface area contributed by atoms with Gasteiger partial charge in [-0.2, -0.15) is 0 Å². The molecule has 17 heavy (non-hydrogen) atoms. The summed E-state index contributed by atoms with van der Waals surface area (Å²) >= 11 is 0. The largest absolute Gasteiger partial charge is 0.497 e. The number of rotatable bonds is 6. The first-order valence-corrected chi connectivity index (χ1v) is 6.00. The summed E-state index contributed by atoms with van der Waals surface area (Å²) in [4.78, 5) is 12.0. The summed E-state index contributed by atoms with van der Waals surface area (Å²) in [6.07, 6.45) is 4.20. The van der Waals surface area contributed by atoms with Gasteiger partial charge in [-0.3, -0.25) is 4.79 Å². The van der Waals surface area contributed by atoms with E-state index in [1.54, 1.807) is 32.4 Å². The number of Topliss-reactive ketones (excluding diaryl/α,β-unsaturated/α-hetero) is 1. The Morgan fingerprint density at radius 2 is 2.06 bits per heavy atom. The van der Waals surface area contributed by atoms with Crippen molar-refractivity contribution in [1.82, 2.24) is 0 Å². The van der Waals surface area contributed by atoms with Gasteiger partial charge in [0.1, 0.15) is 11.5 Å². The maximum atomic E-state index is 12.0. The molecule has 0 aromatic heterocycles. The van der Waals surface area contributed by atoms with Crippen LogP contribution in [0.3, 0.4) is 0 Å². The van der Waals surface area contributed by atoms with E-state index in [0.29, 0.717) is 23.5 Å². The highest BCUT2D eigenvalue weighted by atomic mass is 16.5. The molecule has 1 aliphatic rings. The highest BCUT2D eigenvalue weighted by Crippen LogP contribution is 2.34. The first kappa shape index (κ1) is 12.0. The Kier molecular flexibility index (Phi) is 3.67. The molecule has 0 amide bonds. The number of hydrogen-bond acceptors (Lipinski definition) is 3. The topological polar surface area (TPSA) is 35.5 Å². The van der Waals surface area contributed by atoms with E-state index in [1.807, 2.05) is 0 Å². The van der Waals surface area contributed by atoms with E-state index in [2.05, 4.69) is 0 Å². The van der Waals surface area contributed by atoms with Gasteiger partial charge in [-0.25, -0.2) is 0 Å². The van der Waals surface area contributed by atoms with Gasteiger partial charge in [0.05, 0.1) is 19.8 Å². The van der Waals surface area contributed by atoms with Crippen LogP contribution in [0, 0.1) is 5.92 Å². The molecular weight excluding hydrogens is 216 g/mol. The van der Waals surface area contributed by atoms with Crippen molar-refractivity contribution in [1.29, 1.82) is 0 Å². The van der Waals surface area contributed by atoms with E-state index in [1.165, 1.54) is 12.8 Å². The third-order valence-electron chi connectivity index (χ3n) is 3.19. The standard InChI is InChI=1S/C14H18O3/c1-16-11-6-7-12(14(9-11)17-2)13(15)8-5-10-3-4-10/h6-7,9-10H,3-5,8H2,1-2H3. The zero-order chi connectivity index (χ0) is 12.3. The number of methoxy groups -OCH3 is 2. The monoisotopic (exact) mass is 234 g/mol. The first-order chi connectivity index (χ1) is 8.24. The molecule has 1 saturated carbocycles. The van der Waals surface area contributed by atoms with Crippen molar-refractivity contribution in [2.75, 3.05) is 14.2 Å².